The molecule has 1 fully saturated rings. The predicted octanol–water partition coefficient (Wildman–Crippen LogP) is 2.50. The minimum absolute atomic E-state index is 0.138. The fourth-order valence-electron chi connectivity index (χ4n) is 2.21. The van der Waals surface area contributed by atoms with Gasteiger partial charge in [-0.05, 0) is 6.26 Å². The van der Waals surface area contributed by atoms with E-state index < -0.39 is 0 Å². The lowest BCUT2D eigenvalue weighted by molar-refractivity contribution is 0.0565. The van der Waals surface area contributed by atoms with Crippen molar-refractivity contribution in [2.75, 3.05) is 38.4 Å². The minimum Gasteiger partial charge on any atom is -0.490 e. The molecule has 0 aliphatic carbocycles. The Hall–Kier alpha value is -0.880. The molecule has 0 spiro atoms. The maximum Gasteiger partial charge on any atom is 0.171 e. The third-order valence-electron chi connectivity index (χ3n) is 3.05. The van der Waals surface area contributed by atoms with Crippen molar-refractivity contribution in [1.82, 2.24) is 0 Å². The summed E-state index contributed by atoms with van der Waals surface area (Å²) in [5.74, 6) is 4.14. The van der Waals surface area contributed by atoms with Crippen LogP contribution in [-0.4, -0.2) is 43.7 Å². The van der Waals surface area contributed by atoms with Gasteiger partial charge in [-0.25, -0.2) is 0 Å². The molecule has 3 aliphatic heterocycles. The van der Waals surface area contributed by atoms with Crippen LogP contribution in [0, 0.1) is 0 Å². The number of thioether (sulfide) groups is 2. The van der Waals surface area contributed by atoms with Crippen molar-refractivity contribution in [2.24, 2.45) is 0 Å². The molecule has 1 atom stereocenters. The summed E-state index contributed by atoms with van der Waals surface area (Å²) in [6, 6.07) is 0. The van der Waals surface area contributed by atoms with Crippen molar-refractivity contribution < 1.29 is 18.9 Å². The van der Waals surface area contributed by atoms with Crippen molar-refractivity contribution in [3.05, 3.63) is 34.5 Å². The summed E-state index contributed by atoms with van der Waals surface area (Å²) < 4.78 is 22.7. The maximum absolute atomic E-state index is 5.78. The molecule has 0 amide bonds. The normalized spacial score (nSPS) is 28.9. The van der Waals surface area contributed by atoms with Crippen LogP contribution in [0.1, 0.15) is 0 Å². The Morgan fingerprint density at radius 1 is 1.16 bits per heavy atom. The maximum atomic E-state index is 5.78. The Labute approximate surface area is 121 Å². The zero-order valence-electron chi connectivity index (χ0n) is 10.8. The van der Waals surface area contributed by atoms with Crippen LogP contribution in [0.3, 0.4) is 0 Å². The summed E-state index contributed by atoms with van der Waals surface area (Å²) in [5.41, 5.74) is 0. The van der Waals surface area contributed by atoms with E-state index in [-0.39, 0.29) is 5.25 Å². The van der Waals surface area contributed by atoms with Gasteiger partial charge in [0.2, 0.25) is 0 Å². The van der Waals surface area contributed by atoms with Gasteiger partial charge in [0.25, 0.3) is 0 Å². The third-order valence-corrected chi connectivity index (χ3v) is 5.27. The molecule has 0 aromatic heterocycles. The van der Waals surface area contributed by atoms with E-state index >= 15 is 0 Å². The average Bonchev–Trinajstić information content (AvgIpc) is 2.86. The molecule has 0 aromatic rings. The molecule has 3 rings (SSSR count). The third kappa shape index (κ3) is 2.43. The van der Waals surface area contributed by atoms with Crippen LogP contribution in [0.4, 0.5) is 0 Å². The molecule has 1 unspecified atom stereocenters. The summed E-state index contributed by atoms with van der Waals surface area (Å²) in [7, 11) is 0. The highest BCUT2D eigenvalue weighted by atomic mass is 32.2. The molecule has 0 aromatic carbocycles. The van der Waals surface area contributed by atoms with Crippen LogP contribution in [-0.2, 0) is 18.9 Å². The molecule has 3 heterocycles. The molecule has 3 aliphatic rings. The summed E-state index contributed by atoms with van der Waals surface area (Å²) >= 11 is 3.45. The van der Waals surface area contributed by atoms with E-state index in [1.54, 1.807) is 23.5 Å². The smallest absolute Gasteiger partial charge is 0.171 e. The molecule has 4 nitrogen and oxygen atoms in total. The lowest BCUT2D eigenvalue weighted by Gasteiger charge is -2.26. The summed E-state index contributed by atoms with van der Waals surface area (Å²) in [6.07, 6.45) is 2.04. The molecular weight excluding hydrogens is 284 g/mol. The van der Waals surface area contributed by atoms with Crippen LogP contribution in [0.5, 0.6) is 0 Å². The first kappa shape index (κ1) is 13.1. The standard InChI is InChI=1S/C13H16O4S2/c1-8-10(16-5-3-14-8)12(18-2)13-11-9(7-19-13)15-4-6-17-11/h13H,1,3-7H2,2H3/b12-10+. The molecule has 0 saturated carbocycles. The first-order valence-corrected chi connectivity index (χ1v) is 8.42. The van der Waals surface area contributed by atoms with Crippen LogP contribution in [0.25, 0.3) is 0 Å². The van der Waals surface area contributed by atoms with Gasteiger partial charge in [-0.2, -0.15) is 0 Å². The van der Waals surface area contributed by atoms with E-state index in [0.29, 0.717) is 32.2 Å². The van der Waals surface area contributed by atoms with Crippen LogP contribution in [0.2, 0.25) is 0 Å². The second kappa shape index (κ2) is 5.63. The molecule has 104 valence electrons. The number of ether oxygens (including phenoxy) is 4. The molecule has 19 heavy (non-hydrogen) atoms. The Balaban J connectivity index is 1.92. The highest BCUT2D eigenvalue weighted by molar-refractivity contribution is 8.06. The van der Waals surface area contributed by atoms with Gasteiger partial charge in [0, 0.05) is 0 Å². The average molecular weight is 300 g/mol. The molecular formula is C13H16O4S2. The van der Waals surface area contributed by atoms with E-state index in [1.807, 2.05) is 6.26 Å². The summed E-state index contributed by atoms with van der Waals surface area (Å²) in [4.78, 5) is 1.10. The lowest BCUT2D eigenvalue weighted by atomic mass is 10.2. The van der Waals surface area contributed by atoms with Gasteiger partial charge in [-0.3, -0.25) is 0 Å². The van der Waals surface area contributed by atoms with E-state index in [1.165, 1.54) is 0 Å². The molecule has 1 saturated heterocycles. The van der Waals surface area contributed by atoms with Crippen molar-refractivity contribution in [2.45, 2.75) is 5.25 Å². The largest absolute Gasteiger partial charge is 0.490 e. The van der Waals surface area contributed by atoms with Gasteiger partial charge in [0.1, 0.15) is 37.4 Å². The van der Waals surface area contributed by atoms with Gasteiger partial charge in [-0.15, -0.1) is 23.5 Å². The van der Waals surface area contributed by atoms with Crippen LogP contribution < -0.4 is 0 Å². The van der Waals surface area contributed by atoms with Gasteiger partial charge in [0.15, 0.2) is 17.3 Å². The Morgan fingerprint density at radius 3 is 2.68 bits per heavy atom. The van der Waals surface area contributed by atoms with E-state index in [9.17, 15) is 0 Å². The summed E-state index contributed by atoms with van der Waals surface area (Å²) in [6.45, 7) is 6.32. The van der Waals surface area contributed by atoms with Crippen LogP contribution in [0.15, 0.2) is 34.5 Å². The highest BCUT2D eigenvalue weighted by Gasteiger charge is 2.37. The molecule has 0 bridgehead atoms. The zero-order chi connectivity index (χ0) is 13.2. The van der Waals surface area contributed by atoms with Crippen molar-refractivity contribution in [3.8, 4) is 0 Å². The monoisotopic (exact) mass is 300 g/mol. The van der Waals surface area contributed by atoms with Gasteiger partial charge < -0.3 is 18.9 Å². The van der Waals surface area contributed by atoms with Crippen molar-refractivity contribution in [1.29, 1.82) is 0 Å². The van der Waals surface area contributed by atoms with E-state index in [0.717, 1.165) is 27.9 Å². The second-order valence-electron chi connectivity index (χ2n) is 4.19. The molecule has 6 heteroatoms. The Kier molecular flexibility index (Phi) is 3.88. The Morgan fingerprint density at radius 2 is 1.89 bits per heavy atom. The first-order valence-electron chi connectivity index (χ1n) is 6.14. The lowest BCUT2D eigenvalue weighted by Crippen LogP contribution is -2.21. The van der Waals surface area contributed by atoms with Gasteiger partial charge >= 0.3 is 0 Å². The SMILES string of the molecule is C=C1OCCO/C1=C(/SC)C1SCC2=C1OCCO2. The van der Waals surface area contributed by atoms with Crippen molar-refractivity contribution >= 4 is 23.5 Å². The quantitative estimate of drug-likeness (QED) is 0.780. The molecule has 0 N–H and O–H groups in total. The fourth-order valence-corrected chi connectivity index (χ4v) is 4.54. The van der Waals surface area contributed by atoms with E-state index in [4.69, 9.17) is 18.9 Å². The molecule has 0 radical (unpaired) electrons. The predicted molar refractivity (Wildman–Crippen MR) is 76.8 cm³/mol. The van der Waals surface area contributed by atoms with Gasteiger partial charge in [-0.1, -0.05) is 6.58 Å². The number of rotatable bonds is 2. The number of hydrogen-bond donors (Lipinski definition) is 0. The van der Waals surface area contributed by atoms with Crippen molar-refractivity contribution in [3.63, 3.8) is 0 Å². The first-order chi connectivity index (χ1) is 9.31. The van der Waals surface area contributed by atoms with Gasteiger partial charge in [0.05, 0.1) is 10.7 Å². The zero-order valence-corrected chi connectivity index (χ0v) is 12.4. The summed E-state index contributed by atoms with van der Waals surface area (Å²) in [5, 5.41) is 0.138. The Bertz CT molecular complexity index is 456. The highest BCUT2D eigenvalue weighted by Crippen LogP contribution is 2.44. The number of hydrogen-bond acceptors (Lipinski definition) is 6. The fraction of sp³-hybridized carbons (Fsp3) is 0.538. The van der Waals surface area contributed by atoms with Crippen LogP contribution >= 0.6 is 23.5 Å². The van der Waals surface area contributed by atoms with E-state index in [2.05, 4.69) is 6.58 Å². The minimum atomic E-state index is 0.138. The second-order valence-corrected chi connectivity index (χ2v) is 6.13. The topological polar surface area (TPSA) is 36.9 Å².